The number of para-hydroxylation sites is 2. The molecule has 0 aliphatic heterocycles. The van der Waals surface area contributed by atoms with Crippen LogP contribution >= 0.6 is 0 Å². The van der Waals surface area contributed by atoms with Crippen LogP contribution < -0.4 is 0 Å². The minimum atomic E-state index is -0.357. The highest BCUT2D eigenvalue weighted by Gasteiger charge is 2.21. The Morgan fingerprint density at radius 1 is 0.389 bits per heavy atom. The van der Waals surface area contributed by atoms with Crippen molar-refractivity contribution in [3.05, 3.63) is 129 Å². The number of fused-ring (bicyclic) bond motifs is 5. The predicted octanol–water partition coefficient (Wildman–Crippen LogP) is 8.30. The van der Waals surface area contributed by atoms with Gasteiger partial charge in [-0.15, -0.1) is 0 Å². The molecular weight excluding hydrogens is 452 g/mol. The van der Waals surface area contributed by atoms with Gasteiger partial charge in [-0.1, -0.05) is 72.8 Å². The molecule has 0 saturated heterocycles. The Bertz CT molecular complexity index is 1720. The minimum Gasteiger partial charge on any atom is -0.258 e. The summed E-state index contributed by atoms with van der Waals surface area (Å²) < 4.78 is 0. The Labute approximate surface area is 205 Å². The number of hydrogen-bond acceptors (Lipinski definition) is 4. The summed E-state index contributed by atoms with van der Waals surface area (Å²) in [4.78, 5) is 23.0. The summed E-state index contributed by atoms with van der Waals surface area (Å²) in [6.45, 7) is 0. The van der Waals surface area contributed by atoms with Gasteiger partial charge < -0.3 is 0 Å². The Hall–Kier alpha value is -5.10. The Morgan fingerprint density at radius 3 is 1.11 bits per heavy atom. The number of rotatable bonds is 4. The normalized spacial score (nSPS) is 11.2. The summed E-state index contributed by atoms with van der Waals surface area (Å²) in [7, 11) is 0. The molecule has 0 atom stereocenters. The van der Waals surface area contributed by atoms with Crippen LogP contribution in [0.3, 0.4) is 0 Å². The molecule has 0 heterocycles. The Kier molecular flexibility index (Phi) is 4.93. The lowest BCUT2D eigenvalue weighted by Gasteiger charge is -2.16. The molecule has 0 aliphatic rings. The van der Waals surface area contributed by atoms with Crippen LogP contribution in [0.1, 0.15) is 0 Å². The molecule has 0 amide bonds. The maximum atomic E-state index is 11.8. The van der Waals surface area contributed by atoms with Gasteiger partial charge in [-0.05, 0) is 67.7 Å². The molecule has 6 heteroatoms. The molecule has 0 spiro atoms. The first kappa shape index (κ1) is 21.4. The van der Waals surface area contributed by atoms with E-state index >= 15 is 0 Å². The highest BCUT2D eigenvalue weighted by Crippen LogP contribution is 2.44. The van der Waals surface area contributed by atoms with Crippen molar-refractivity contribution in [3.63, 3.8) is 0 Å². The monoisotopic (exact) mass is 470 g/mol. The second-order valence-corrected chi connectivity index (χ2v) is 8.58. The number of nitro benzene ring substituents is 2. The minimum absolute atomic E-state index is 0.0443. The highest BCUT2D eigenvalue weighted by molar-refractivity contribution is 6.24. The standard InChI is InChI=1S/C30H18N2O4/c33-31(34)29-15-7-5-13-23(29)25-17-28-22-12-4-2-10-20(22)26(24-14-6-8-16-30(24)32(35)36)18-27(28)21-11-3-1-9-19(21)25/h1-18H. The van der Waals surface area contributed by atoms with Gasteiger partial charge >= 0.3 is 0 Å². The smallest absolute Gasteiger partial charge is 0.258 e. The van der Waals surface area contributed by atoms with E-state index in [1.165, 1.54) is 12.1 Å². The fourth-order valence-electron chi connectivity index (χ4n) is 5.12. The Balaban J connectivity index is 1.80. The van der Waals surface area contributed by atoms with Gasteiger partial charge in [-0.2, -0.15) is 0 Å². The van der Waals surface area contributed by atoms with Crippen molar-refractivity contribution in [2.24, 2.45) is 0 Å². The lowest BCUT2D eigenvalue weighted by atomic mass is 9.87. The zero-order valence-electron chi connectivity index (χ0n) is 18.9. The summed E-state index contributed by atoms with van der Waals surface area (Å²) >= 11 is 0. The van der Waals surface area contributed by atoms with Crippen molar-refractivity contribution in [1.82, 2.24) is 0 Å². The van der Waals surface area contributed by atoms with Crippen LogP contribution in [0, 0.1) is 20.2 Å². The van der Waals surface area contributed by atoms with Crippen LogP contribution in [0.5, 0.6) is 0 Å². The molecule has 0 aliphatic carbocycles. The van der Waals surface area contributed by atoms with Gasteiger partial charge in [0.1, 0.15) is 0 Å². The van der Waals surface area contributed by atoms with E-state index in [0.29, 0.717) is 11.1 Å². The van der Waals surface area contributed by atoms with Gasteiger partial charge in [0, 0.05) is 12.1 Å². The summed E-state index contributed by atoms with van der Waals surface area (Å²) in [5, 5.41) is 29.2. The van der Waals surface area contributed by atoms with Crippen molar-refractivity contribution in [3.8, 4) is 22.3 Å². The van der Waals surface area contributed by atoms with E-state index in [2.05, 4.69) is 0 Å². The van der Waals surface area contributed by atoms with Crippen molar-refractivity contribution in [2.75, 3.05) is 0 Å². The largest absolute Gasteiger partial charge is 0.277 e. The first-order valence-corrected chi connectivity index (χ1v) is 11.4. The van der Waals surface area contributed by atoms with Gasteiger partial charge in [0.2, 0.25) is 0 Å². The molecule has 0 unspecified atom stereocenters. The second-order valence-electron chi connectivity index (χ2n) is 8.58. The number of benzene rings is 6. The van der Waals surface area contributed by atoms with Crippen LogP contribution in [0.25, 0.3) is 54.6 Å². The van der Waals surface area contributed by atoms with E-state index in [1.54, 1.807) is 36.4 Å². The fourth-order valence-corrected chi connectivity index (χ4v) is 5.12. The Morgan fingerprint density at radius 2 is 0.722 bits per heavy atom. The highest BCUT2D eigenvalue weighted by atomic mass is 16.6. The summed E-state index contributed by atoms with van der Waals surface area (Å²) in [5.41, 5.74) is 2.73. The third-order valence-electron chi connectivity index (χ3n) is 6.66. The topological polar surface area (TPSA) is 86.3 Å². The van der Waals surface area contributed by atoms with Crippen molar-refractivity contribution in [1.29, 1.82) is 0 Å². The molecule has 0 radical (unpaired) electrons. The van der Waals surface area contributed by atoms with E-state index in [1.807, 2.05) is 60.7 Å². The van der Waals surface area contributed by atoms with Crippen molar-refractivity contribution in [2.45, 2.75) is 0 Å². The fraction of sp³-hybridized carbons (Fsp3) is 0. The summed E-state index contributed by atoms with van der Waals surface area (Å²) in [5.74, 6) is 0. The molecule has 6 aromatic carbocycles. The number of nitrogens with zero attached hydrogens (tertiary/aromatic N) is 2. The van der Waals surface area contributed by atoms with Gasteiger partial charge in [0.25, 0.3) is 11.4 Å². The molecule has 6 rings (SSSR count). The zero-order valence-corrected chi connectivity index (χ0v) is 18.9. The molecule has 0 aromatic heterocycles. The first-order chi connectivity index (χ1) is 17.5. The predicted molar refractivity (Wildman–Crippen MR) is 143 cm³/mol. The number of nitro groups is 2. The van der Waals surface area contributed by atoms with E-state index in [9.17, 15) is 20.2 Å². The molecule has 0 fully saturated rings. The lowest BCUT2D eigenvalue weighted by Crippen LogP contribution is -1.95. The van der Waals surface area contributed by atoms with Crippen LogP contribution in [-0.2, 0) is 0 Å². The molecule has 6 aromatic rings. The lowest BCUT2D eigenvalue weighted by molar-refractivity contribution is -0.384. The SMILES string of the molecule is O=[N+]([O-])c1ccccc1-c1cc2c3ccccc3c(-c3ccccc3[N+](=O)[O-])cc2c2ccccc12. The second kappa shape index (κ2) is 8.29. The molecule has 0 saturated carbocycles. The summed E-state index contributed by atoms with van der Waals surface area (Å²) in [6.07, 6.45) is 0. The number of hydrogen-bond donors (Lipinski definition) is 0. The average Bonchev–Trinajstić information content (AvgIpc) is 2.92. The average molecular weight is 470 g/mol. The zero-order chi connectivity index (χ0) is 24.8. The molecular formula is C30H18N2O4. The van der Waals surface area contributed by atoms with E-state index in [-0.39, 0.29) is 21.2 Å². The van der Waals surface area contributed by atoms with Crippen LogP contribution in [-0.4, -0.2) is 9.85 Å². The third-order valence-corrected chi connectivity index (χ3v) is 6.66. The van der Waals surface area contributed by atoms with Gasteiger partial charge in [-0.25, -0.2) is 0 Å². The molecule has 172 valence electrons. The maximum Gasteiger partial charge on any atom is 0.277 e. The van der Waals surface area contributed by atoms with Gasteiger partial charge in [0.15, 0.2) is 0 Å². The summed E-state index contributed by atoms with van der Waals surface area (Å²) in [6, 6.07) is 33.1. The van der Waals surface area contributed by atoms with Gasteiger partial charge in [0.05, 0.1) is 21.0 Å². The van der Waals surface area contributed by atoms with E-state index < -0.39 is 0 Å². The van der Waals surface area contributed by atoms with Crippen LogP contribution in [0.4, 0.5) is 11.4 Å². The van der Waals surface area contributed by atoms with Crippen molar-refractivity contribution >= 4 is 43.7 Å². The maximum absolute atomic E-state index is 11.8. The molecule has 6 nitrogen and oxygen atoms in total. The van der Waals surface area contributed by atoms with Crippen molar-refractivity contribution < 1.29 is 9.85 Å². The third kappa shape index (κ3) is 3.27. The van der Waals surface area contributed by atoms with E-state index in [4.69, 9.17) is 0 Å². The van der Waals surface area contributed by atoms with Crippen LogP contribution in [0.15, 0.2) is 109 Å². The van der Waals surface area contributed by atoms with E-state index in [0.717, 1.165) is 43.4 Å². The molecule has 36 heavy (non-hydrogen) atoms. The quantitative estimate of drug-likeness (QED) is 0.147. The molecule has 0 bridgehead atoms. The van der Waals surface area contributed by atoms with Gasteiger partial charge in [-0.3, -0.25) is 20.2 Å². The first-order valence-electron chi connectivity index (χ1n) is 11.4. The molecule has 0 N–H and O–H groups in total. The van der Waals surface area contributed by atoms with Crippen LogP contribution in [0.2, 0.25) is 0 Å².